The minimum Gasteiger partial charge on any atom is -0.486 e. The van der Waals surface area contributed by atoms with Crippen LogP contribution in [-0.4, -0.2) is 39.4 Å². The van der Waals surface area contributed by atoms with Crippen LogP contribution in [0.4, 0.5) is 11.4 Å². The van der Waals surface area contributed by atoms with E-state index >= 15 is 0 Å². The van der Waals surface area contributed by atoms with E-state index in [9.17, 15) is 0 Å². The van der Waals surface area contributed by atoms with Crippen LogP contribution in [0.5, 0.6) is 11.5 Å². The Morgan fingerprint density at radius 1 is 1.06 bits per heavy atom. The van der Waals surface area contributed by atoms with Gasteiger partial charge < -0.3 is 25.4 Å². The standard InChI is InChI=1S/C12H17N3O2/c13-9-7-11-12(17-6-5-16-11)8-10(9)15-3-1-14-2-4-15/h7-8,14H,1-6,13H2. The molecule has 17 heavy (non-hydrogen) atoms. The van der Waals surface area contributed by atoms with Gasteiger partial charge in [-0.05, 0) is 0 Å². The average Bonchev–Trinajstić information content (AvgIpc) is 2.39. The third-order valence-electron chi connectivity index (χ3n) is 3.15. The first-order valence-corrected chi connectivity index (χ1v) is 5.99. The lowest BCUT2D eigenvalue weighted by Gasteiger charge is -2.31. The first-order chi connectivity index (χ1) is 8.34. The summed E-state index contributed by atoms with van der Waals surface area (Å²) in [5.41, 5.74) is 7.89. The molecule has 0 unspecified atom stereocenters. The van der Waals surface area contributed by atoms with E-state index in [1.54, 1.807) is 0 Å². The average molecular weight is 235 g/mol. The summed E-state index contributed by atoms with van der Waals surface area (Å²) in [6, 6.07) is 3.86. The molecule has 5 heteroatoms. The maximum absolute atomic E-state index is 6.08. The molecule has 1 aromatic carbocycles. The van der Waals surface area contributed by atoms with Crippen LogP contribution in [0.3, 0.4) is 0 Å². The highest BCUT2D eigenvalue weighted by Gasteiger charge is 2.19. The van der Waals surface area contributed by atoms with Gasteiger partial charge in [-0.15, -0.1) is 0 Å². The molecule has 0 spiro atoms. The van der Waals surface area contributed by atoms with E-state index in [-0.39, 0.29) is 0 Å². The summed E-state index contributed by atoms with van der Waals surface area (Å²) in [5, 5.41) is 3.33. The van der Waals surface area contributed by atoms with Crippen molar-refractivity contribution in [1.29, 1.82) is 0 Å². The highest BCUT2D eigenvalue weighted by molar-refractivity contribution is 5.73. The van der Waals surface area contributed by atoms with Crippen molar-refractivity contribution in [2.75, 3.05) is 50.0 Å². The number of rotatable bonds is 1. The van der Waals surface area contributed by atoms with Gasteiger partial charge in [0.1, 0.15) is 13.2 Å². The molecule has 2 aliphatic heterocycles. The SMILES string of the molecule is Nc1cc2c(cc1N1CCNCC1)OCCO2. The summed E-state index contributed by atoms with van der Waals surface area (Å²) >= 11 is 0. The number of nitrogens with one attached hydrogen (secondary N) is 1. The smallest absolute Gasteiger partial charge is 0.163 e. The van der Waals surface area contributed by atoms with Crippen LogP contribution in [0.25, 0.3) is 0 Å². The second-order valence-corrected chi connectivity index (χ2v) is 4.29. The number of hydrogen-bond donors (Lipinski definition) is 2. The summed E-state index contributed by atoms with van der Waals surface area (Å²) in [4.78, 5) is 2.28. The predicted molar refractivity (Wildman–Crippen MR) is 66.9 cm³/mol. The van der Waals surface area contributed by atoms with Crippen molar-refractivity contribution in [3.05, 3.63) is 12.1 Å². The van der Waals surface area contributed by atoms with Gasteiger partial charge in [-0.1, -0.05) is 0 Å². The van der Waals surface area contributed by atoms with E-state index in [1.165, 1.54) is 0 Å². The molecule has 2 heterocycles. The first-order valence-electron chi connectivity index (χ1n) is 5.99. The van der Waals surface area contributed by atoms with Crippen molar-refractivity contribution in [3.8, 4) is 11.5 Å². The van der Waals surface area contributed by atoms with Crippen LogP contribution in [-0.2, 0) is 0 Å². The van der Waals surface area contributed by atoms with Crippen LogP contribution < -0.4 is 25.4 Å². The Hall–Kier alpha value is -1.62. The van der Waals surface area contributed by atoms with Gasteiger partial charge in [-0.3, -0.25) is 0 Å². The summed E-state index contributed by atoms with van der Waals surface area (Å²) in [7, 11) is 0. The van der Waals surface area contributed by atoms with Gasteiger partial charge >= 0.3 is 0 Å². The molecular weight excluding hydrogens is 218 g/mol. The van der Waals surface area contributed by atoms with Gasteiger partial charge in [0, 0.05) is 38.3 Å². The highest BCUT2D eigenvalue weighted by atomic mass is 16.6. The Morgan fingerprint density at radius 3 is 2.41 bits per heavy atom. The number of anilines is 2. The van der Waals surface area contributed by atoms with Crippen molar-refractivity contribution in [2.45, 2.75) is 0 Å². The fraction of sp³-hybridized carbons (Fsp3) is 0.500. The van der Waals surface area contributed by atoms with E-state index in [1.807, 2.05) is 12.1 Å². The van der Waals surface area contributed by atoms with Gasteiger partial charge in [-0.25, -0.2) is 0 Å². The number of nitrogens with two attached hydrogens (primary N) is 1. The lowest BCUT2D eigenvalue weighted by atomic mass is 10.2. The van der Waals surface area contributed by atoms with Crippen molar-refractivity contribution in [3.63, 3.8) is 0 Å². The predicted octanol–water partition coefficient (Wildman–Crippen LogP) is 0.450. The maximum Gasteiger partial charge on any atom is 0.163 e. The lowest BCUT2D eigenvalue weighted by molar-refractivity contribution is 0.172. The molecule has 1 aromatic rings. The number of fused-ring (bicyclic) bond motifs is 1. The Labute approximate surface area is 100 Å². The summed E-state index contributed by atoms with van der Waals surface area (Å²) in [6.45, 7) is 5.15. The first kappa shape index (κ1) is 10.5. The quantitative estimate of drug-likeness (QED) is 0.692. The zero-order chi connectivity index (χ0) is 11.7. The van der Waals surface area contributed by atoms with Crippen molar-refractivity contribution in [2.24, 2.45) is 0 Å². The van der Waals surface area contributed by atoms with E-state index in [0.717, 1.165) is 49.1 Å². The van der Waals surface area contributed by atoms with Crippen LogP contribution in [0.1, 0.15) is 0 Å². The van der Waals surface area contributed by atoms with E-state index in [2.05, 4.69) is 10.2 Å². The molecule has 0 bridgehead atoms. The zero-order valence-corrected chi connectivity index (χ0v) is 9.74. The summed E-state index contributed by atoms with van der Waals surface area (Å²) in [6.07, 6.45) is 0. The van der Waals surface area contributed by atoms with Gasteiger partial charge in [0.2, 0.25) is 0 Å². The fourth-order valence-corrected chi connectivity index (χ4v) is 2.27. The largest absolute Gasteiger partial charge is 0.486 e. The number of piperazine rings is 1. The molecule has 0 aliphatic carbocycles. The van der Waals surface area contributed by atoms with E-state index in [0.29, 0.717) is 13.2 Å². The van der Waals surface area contributed by atoms with Crippen LogP contribution in [0, 0.1) is 0 Å². The topological polar surface area (TPSA) is 59.8 Å². The normalized spacial score (nSPS) is 19.2. The number of nitrogens with zero attached hydrogens (tertiary/aromatic N) is 1. The maximum atomic E-state index is 6.08. The van der Waals surface area contributed by atoms with Gasteiger partial charge in [0.25, 0.3) is 0 Å². The molecular formula is C12H17N3O2. The zero-order valence-electron chi connectivity index (χ0n) is 9.74. The molecule has 92 valence electrons. The van der Waals surface area contributed by atoms with E-state index in [4.69, 9.17) is 15.2 Å². The van der Waals surface area contributed by atoms with Crippen molar-refractivity contribution < 1.29 is 9.47 Å². The third-order valence-corrected chi connectivity index (χ3v) is 3.15. The molecule has 0 saturated carbocycles. The van der Waals surface area contributed by atoms with E-state index < -0.39 is 0 Å². The Kier molecular flexibility index (Phi) is 2.68. The molecule has 5 nitrogen and oxygen atoms in total. The Morgan fingerprint density at radius 2 is 1.71 bits per heavy atom. The number of ether oxygens (including phenoxy) is 2. The second kappa shape index (κ2) is 4.33. The lowest BCUT2D eigenvalue weighted by Crippen LogP contribution is -2.43. The minimum absolute atomic E-state index is 0.597. The van der Waals surface area contributed by atoms with Crippen LogP contribution in [0.15, 0.2) is 12.1 Å². The molecule has 0 aromatic heterocycles. The molecule has 2 aliphatic rings. The third kappa shape index (κ3) is 1.98. The van der Waals surface area contributed by atoms with Gasteiger partial charge in [0.05, 0.1) is 11.4 Å². The Bertz CT molecular complexity index is 416. The van der Waals surface area contributed by atoms with Crippen LogP contribution >= 0.6 is 0 Å². The molecule has 1 saturated heterocycles. The van der Waals surface area contributed by atoms with Gasteiger partial charge in [-0.2, -0.15) is 0 Å². The molecule has 1 fully saturated rings. The van der Waals surface area contributed by atoms with Crippen LogP contribution in [0.2, 0.25) is 0 Å². The highest BCUT2D eigenvalue weighted by Crippen LogP contribution is 2.38. The Balaban J connectivity index is 1.93. The second-order valence-electron chi connectivity index (χ2n) is 4.29. The molecule has 3 rings (SSSR count). The number of hydrogen-bond acceptors (Lipinski definition) is 5. The summed E-state index contributed by atoms with van der Waals surface area (Å²) in [5.74, 6) is 1.56. The fourth-order valence-electron chi connectivity index (χ4n) is 2.27. The minimum atomic E-state index is 0.597. The molecule has 3 N–H and O–H groups in total. The monoisotopic (exact) mass is 235 g/mol. The number of nitrogen functional groups attached to an aromatic ring is 1. The van der Waals surface area contributed by atoms with Crippen molar-refractivity contribution >= 4 is 11.4 Å². The molecule has 0 atom stereocenters. The summed E-state index contributed by atoms with van der Waals surface area (Å²) < 4.78 is 11.1. The van der Waals surface area contributed by atoms with Crippen molar-refractivity contribution in [1.82, 2.24) is 5.32 Å². The number of benzene rings is 1. The molecule has 0 radical (unpaired) electrons. The molecule has 0 amide bonds. The van der Waals surface area contributed by atoms with Gasteiger partial charge in [0.15, 0.2) is 11.5 Å².